The molecule has 0 atom stereocenters. The predicted octanol–water partition coefficient (Wildman–Crippen LogP) is 0.779. The van der Waals surface area contributed by atoms with E-state index in [0.29, 0.717) is 30.9 Å². The normalized spacial score (nSPS) is 15.5. The number of hydrogen-bond acceptors (Lipinski definition) is 4. The summed E-state index contributed by atoms with van der Waals surface area (Å²) < 4.78 is 41.9. The number of ether oxygens (including phenoxy) is 1. The molecule has 150 valence electrons. The van der Waals surface area contributed by atoms with E-state index in [2.05, 4.69) is 0 Å². The number of nitrogens with one attached hydrogen (secondary N) is 1. The number of methoxy groups -OCH3 is 1. The van der Waals surface area contributed by atoms with Crippen LogP contribution in [0.4, 0.5) is 4.39 Å². The second-order valence-corrected chi connectivity index (χ2v) is 8.99. The number of benzene rings is 2. The van der Waals surface area contributed by atoms with Crippen LogP contribution < -0.4 is 9.64 Å². The average molecular weight is 407 g/mol. The number of hydrogen-bond donors (Lipinski definition) is 1. The summed E-state index contributed by atoms with van der Waals surface area (Å²) in [5.74, 6) is 0.266. The van der Waals surface area contributed by atoms with E-state index in [1.54, 1.807) is 30.2 Å². The van der Waals surface area contributed by atoms with Gasteiger partial charge in [-0.2, -0.15) is 0 Å². The van der Waals surface area contributed by atoms with Gasteiger partial charge >= 0.3 is 0 Å². The van der Waals surface area contributed by atoms with E-state index < -0.39 is 9.84 Å². The molecule has 1 heterocycles. The first kappa shape index (κ1) is 20.3. The molecule has 0 aliphatic carbocycles. The van der Waals surface area contributed by atoms with Crippen molar-refractivity contribution in [2.75, 3.05) is 39.5 Å². The van der Waals surface area contributed by atoms with E-state index in [9.17, 15) is 17.6 Å². The fourth-order valence-corrected chi connectivity index (χ4v) is 4.02. The molecule has 3 rings (SSSR count). The third-order valence-corrected chi connectivity index (χ3v) is 6.10. The van der Waals surface area contributed by atoms with E-state index in [-0.39, 0.29) is 16.6 Å². The molecule has 1 fully saturated rings. The summed E-state index contributed by atoms with van der Waals surface area (Å²) in [5.41, 5.74) is 1.29. The lowest BCUT2D eigenvalue weighted by molar-refractivity contribution is -0.917. The van der Waals surface area contributed by atoms with Gasteiger partial charge in [-0.05, 0) is 42.5 Å². The lowest BCUT2D eigenvalue weighted by Gasteiger charge is -2.32. The van der Waals surface area contributed by atoms with Gasteiger partial charge in [-0.25, -0.2) is 12.8 Å². The second kappa shape index (κ2) is 8.28. The lowest BCUT2D eigenvalue weighted by atomic mass is 10.1. The third kappa shape index (κ3) is 4.69. The van der Waals surface area contributed by atoms with Gasteiger partial charge in [0.2, 0.25) is 0 Å². The van der Waals surface area contributed by atoms with E-state index in [4.69, 9.17) is 4.74 Å². The van der Waals surface area contributed by atoms with Crippen LogP contribution in [0.3, 0.4) is 0 Å². The Balaban J connectivity index is 1.61. The quantitative estimate of drug-likeness (QED) is 0.796. The molecule has 1 saturated heterocycles. The fourth-order valence-electron chi connectivity index (χ4n) is 3.38. The largest absolute Gasteiger partial charge is 0.496 e. The molecule has 0 saturated carbocycles. The number of piperazine rings is 1. The smallest absolute Gasteiger partial charge is 0.254 e. The van der Waals surface area contributed by atoms with Crippen molar-refractivity contribution >= 4 is 15.7 Å². The molecule has 0 unspecified atom stereocenters. The van der Waals surface area contributed by atoms with Crippen LogP contribution in [0, 0.1) is 5.82 Å². The second-order valence-electron chi connectivity index (χ2n) is 6.97. The zero-order valence-corrected chi connectivity index (χ0v) is 16.8. The van der Waals surface area contributed by atoms with Crippen molar-refractivity contribution in [2.24, 2.45) is 0 Å². The van der Waals surface area contributed by atoms with Crippen LogP contribution in [-0.2, 0) is 16.4 Å². The molecule has 0 aromatic heterocycles. The van der Waals surface area contributed by atoms with Gasteiger partial charge in [-0.15, -0.1) is 0 Å². The van der Waals surface area contributed by atoms with Gasteiger partial charge in [0, 0.05) is 11.8 Å². The highest BCUT2D eigenvalue weighted by molar-refractivity contribution is 7.90. The van der Waals surface area contributed by atoms with E-state index in [0.717, 1.165) is 24.9 Å². The van der Waals surface area contributed by atoms with E-state index in [1.807, 2.05) is 0 Å². The standard InChI is InChI=1S/C20H23FN2O4S/c1-27-19-8-5-17(21)13-16(19)14-22-9-11-23(12-10-22)20(24)15-3-6-18(7-4-15)28(2,25)26/h3-8,13H,9-12,14H2,1-2H3/p+1. The summed E-state index contributed by atoms with van der Waals surface area (Å²) in [4.78, 5) is 15.9. The molecule has 8 heteroatoms. The van der Waals surface area contributed by atoms with Gasteiger partial charge in [0.05, 0.1) is 43.7 Å². The van der Waals surface area contributed by atoms with Gasteiger partial charge in [-0.3, -0.25) is 4.79 Å². The Morgan fingerprint density at radius 3 is 2.36 bits per heavy atom. The molecule has 0 radical (unpaired) electrons. The number of carbonyl (C=O) groups excluding carboxylic acids is 1. The van der Waals surface area contributed by atoms with Gasteiger partial charge in [0.1, 0.15) is 18.1 Å². The van der Waals surface area contributed by atoms with E-state index >= 15 is 0 Å². The fraction of sp³-hybridized carbons (Fsp3) is 0.350. The first-order valence-corrected chi connectivity index (χ1v) is 10.9. The highest BCUT2D eigenvalue weighted by Crippen LogP contribution is 2.18. The molecule has 2 aromatic carbocycles. The molecule has 0 bridgehead atoms. The van der Waals surface area contributed by atoms with Crippen LogP contribution in [0.2, 0.25) is 0 Å². The highest BCUT2D eigenvalue weighted by Gasteiger charge is 2.25. The maximum atomic E-state index is 13.5. The molecule has 28 heavy (non-hydrogen) atoms. The minimum absolute atomic E-state index is 0.109. The molecule has 1 aliphatic heterocycles. The first-order chi connectivity index (χ1) is 13.3. The van der Waals surface area contributed by atoms with Crippen LogP contribution in [0.15, 0.2) is 47.4 Å². The minimum atomic E-state index is -3.28. The van der Waals surface area contributed by atoms with Crippen LogP contribution in [0.25, 0.3) is 0 Å². The van der Waals surface area contributed by atoms with Crippen LogP contribution >= 0.6 is 0 Å². The monoisotopic (exact) mass is 407 g/mol. The Hall–Kier alpha value is -2.45. The van der Waals surface area contributed by atoms with Crippen molar-refractivity contribution in [3.63, 3.8) is 0 Å². The van der Waals surface area contributed by atoms with Crippen molar-refractivity contribution in [2.45, 2.75) is 11.4 Å². The first-order valence-electron chi connectivity index (χ1n) is 9.03. The highest BCUT2D eigenvalue weighted by atomic mass is 32.2. The van der Waals surface area contributed by atoms with Crippen molar-refractivity contribution in [3.8, 4) is 5.75 Å². The molecule has 6 nitrogen and oxygen atoms in total. The van der Waals surface area contributed by atoms with Crippen molar-refractivity contribution in [1.82, 2.24) is 4.90 Å². The number of quaternary nitrogens is 1. The maximum absolute atomic E-state index is 13.5. The number of amides is 1. The summed E-state index contributed by atoms with van der Waals surface area (Å²) >= 11 is 0. The summed E-state index contributed by atoms with van der Waals surface area (Å²) in [6, 6.07) is 10.5. The van der Waals surface area contributed by atoms with Crippen LogP contribution in [-0.4, -0.2) is 58.8 Å². The summed E-state index contributed by atoms with van der Waals surface area (Å²) in [7, 11) is -1.71. The van der Waals surface area contributed by atoms with Gasteiger partial charge in [0.15, 0.2) is 9.84 Å². The van der Waals surface area contributed by atoms with Gasteiger partial charge < -0.3 is 14.5 Å². The maximum Gasteiger partial charge on any atom is 0.254 e. The Labute approximate surface area is 164 Å². The number of halogens is 1. The molecular weight excluding hydrogens is 383 g/mol. The molecular formula is C20H24FN2O4S+. The van der Waals surface area contributed by atoms with Crippen molar-refractivity contribution in [3.05, 3.63) is 59.4 Å². The van der Waals surface area contributed by atoms with E-state index in [1.165, 1.54) is 29.2 Å². The van der Waals surface area contributed by atoms with Gasteiger partial charge in [-0.1, -0.05) is 0 Å². The minimum Gasteiger partial charge on any atom is -0.496 e. The summed E-state index contributed by atoms with van der Waals surface area (Å²) in [6.45, 7) is 3.28. The summed E-state index contributed by atoms with van der Waals surface area (Å²) in [6.07, 6.45) is 1.14. The number of rotatable bonds is 5. The zero-order chi connectivity index (χ0) is 20.3. The Morgan fingerprint density at radius 2 is 1.79 bits per heavy atom. The lowest BCUT2D eigenvalue weighted by Crippen LogP contribution is -3.13. The molecule has 2 aromatic rings. The Bertz CT molecular complexity index is 953. The Morgan fingerprint density at radius 1 is 1.14 bits per heavy atom. The number of carbonyl (C=O) groups is 1. The average Bonchev–Trinajstić information content (AvgIpc) is 2.68. The molecule has 1 amide bonds. The molecule has 0 spiro atoms. The van der Waals surface area contributed by atoms with Crippen LogP contribution in [0.5, 0.6) is 5.75 Å². The Kier molecular flexibility index (Phi) is 6.00. The molecule has 1 N–H and O–H groups in total. The SMILES string of the molecule is COc1ccc(F)cc1C[NH+]1CCN(C(=O)c2ccc(S(C)(=O)=O)cc2)CC1. The van der Waals surface area contributed by atoms with Gasteiger partial charge in [0.25, 0.3) is 5.91 Å². The molecule has 1 aliphatic rings. The number of sulfone groups is 1. The zero-order valence-electron chi connectivity index (χ0n) is 15.9. The van der Waals surface area contributed by atoms with Crippen molar-refractivity contribution < 1.29 is 27.2 Å². The topological polar surface area (TPSA) is 68.1 Å². The predicted molar refractivity (Wildman–Crippen MR) is 103 cm³/mol. The number of nitrogens with zero attached hydrogens (tertiary/aromatic N) is 1. The summed E-state index contributed by atoms with van der Waals surface area (Å²) in [5, 5.41) is 0. The van der Waals surface area contributed by atoms with Crippen molar-refractivity contribution in [1.29, 1.82) is 0 Å². The van der Waals surface area contributed by atoms with Crippen LogP contribution in [0.1, 0.15) is 15.9 Å². The third-order valence-electron chi connectivity index (χ3n) is 4.97.